The number of benzene rings is 2. The summed E-state index contributed by atoms with van der Waals surface area (Å²) >= 11 is 0. The number of carbonyl (C=O) groups is 1. The summed E-state index contributed by atoms with van der Waals surface area (Å²) in [6.07, 6.45) is 0. The Morgan fingerprint density at radius 3 is 2.32 bits per heavy atom. The maximum atomic E-state index is 13.3. The predicted octanol–water partition coefficient (Wildman–Crippen LogP) is 4.71. The molecule has 28 heavy (non-hydrogen) atoms. The topological polar surface area (TPSA) is 71.1 Å². The van der Waals surface area contributed by atoms with Crippen LogP contribution in [0.15, 0.2) is 54.6 Å². The lowest BCUT2D eigenvalue weighted by Crippen LogP contribution is -2.31. The fourth-order valence-corrected chi connectivity index (χ4v) is 4.70. The van der Waals surface area contributed by atoms with E-state index in [-0.39, 0.29) is 18.6 Å². The zero-order chi connectivity index (χ0) is 20.2. The Balaban J connectivity index is 1.72. The molecule has 2 aromatic rings. The van der Waals surface area contributed by atoms with Crippen LogP contribution >= 0.6 is 7.60 Å². The number of halogens is 1. The lowest BCUT2D eigenvalue weighted by molar-refractivity contribution is -0.149. The van der Waals surface area contributed by atoms with Crippen molar-refractivity contribution >= 4 is 13.6 Å². The fourth-order valence-electron chi connectivity index (χ4n) is 2.51. The molecule has 1 heterocycles. The highest BCUT2D eigenvalue weighted by molar-refractivity contribution is 7.54. The Labute approximate surface area is 163 Å². The van der Waals surface area contributed by atoms with E-state index in [0.29, 0.717) is 11.3 Å². The van der Waals surface area contributed by atoms with Crippen LogP contribution in [0.3, 0.4) is 0 Å². The highest BCUT2D eigenvalue weighted by atomic mass is 31.2. The largest absolute Gasteiger partial charge is 0.482 e. The summed E-state index contributed by atoms with van der Waals surface area (Å²) in [5.74, 6) is -2.04. The Hall–Kier alpha value is -2.21. The van der Waals surface area contributed by atoms with Crippen LogP contribution in [0.5, 0.6) is 5.75 Å². The van der Waals surface area contributed by atoms with Crippen LogP contribution in [0.25, 0.3) is 0 Å². The first-order chi connectivity index (χ1) is 13.3. The van der Waals surface area contributed by atoms with Crippen molar-refractivity contribution in [1.29, 1.82) is 0 Å². The highest BCUT2D eigenvalue weighted by Crippen LogP contribution is 2.64. The molecule has 0 aromatic heterocycles. The second-order valence-electron chi connectivity index (χ2n) is 7.25. The third-order valence-electron chi connectivity index (χ3n) is 4.06. The molecule has 0 bridgehead atoms. The average molecular weight is 408 g/mol. The molecule has 0 spiro atoms. The Bertz CT molecular complexity index is 839. The van der Waals surface area contributed by atoms with Gasteiger partial charge in [0, 0.05) is 11.0 Å². The minimum absolute atomic E-state index is 0.219. The number of esters is 1. The van der Waals surface area contributed by atoms with E-state index >= 15 is 0 Å². The highest BCUT2D eigenvalue weighted by Gasteiger charge is 2.46. The lowest BCUT2D eigenvalue weighted by atomic mass is 9.97. The van der Waals surface area contributed by atoms with Crippen molar-refractivity contribution in [3.8, 4) is 5.75 Å². The van der Waals surface area contributed by atoms with Gasteiger partial charge in [-0.05, 0) is 24.3 Å². The van der Waals surface area contributed by atoms with E-state index in [0.717, 1.165) is 0 Å². The molecule has 1 saturated heterocycles. The second kappa shape index (κ2) is 8.43. The van der Waals surface area contributed by atoms with E-state index in [1.807, 2.05) is 13.8 Å². The van der Waals surface area contributed by atoms with Gasteiger partial charge >= 0.3 is 13.6 Å². The van der Waals surface area contributed by atoms with Crippen LogP contribution in [0.1, 0.15) is 25.3 Å². The van der Waals surface area contributed by atoms with Crippen molar-refractivity contribution in [2.75, 3.05) is 19.8 Å². The molecule has 1 unspecified atom stereocenters. The van der Waals surface area contributed by atoms with Crippen LogP contribution in [0.4, 0.5) is 4.39 Å². The molecule has 0 aliphatic carbocycles. The molecular weight excluding hydrogens is 386 g/mol. The van der Waals surface area contributed by atoms with Gasteiger partial charge < -0.3 is 18.5 Å². The molecule has 0 saturated carbocycles. The molecule has 2 aromatic carbocycles. The Morgan fingerprint density at radius 2 is 1.71 bits per heavy atom. The summed E-state index contributed by atoms with van der Waals surface area (Å²) in [5, 5.41) is 0. The molecule has 1 atom stereocenters. The van der Waals surface area contributed by atoms with Crippen molar-refractivity contribution in [2.24, 2.45) is 5.41 Å². The first-order valence-corrected chi connectivity index (χ1v) is 10.4. The van der Waals surface area contributed by atoms with Gasteiger partial charge in [-0.2, -0.15) is 0 Å². The summed E-state index contributed by atoms with van der Waals surface area (Å²) in [4.78, 5) is 12.3. The first-order valence-electron chi connectivity index (χ1n) is 8.79. The molecule has 1 aliphatic rings. The third-order valence-corrected chi connectivity index (χ3v) is 6.01. The van der Waals surface area contributed by atoms with Gasteiger partial charge in [-0.25, -0.2) is 9.18 Å². The SMILES string of the molecule is CC1(C)COP(=O)(C(OC(=O)COc2ccc(F)cc2)c2ccccc2)OC1. The third kappa shape index (κ3) is 5.19. The number of hydrogen-bond donors (Lipinski definition) is 0. The van der Waals surface area contributed by atoms with Crippen molar-refractivity contribution < 1.29 is 32.3 Å². The molecule has 150 valence electrons. The molecule has 3 rings (SSSR count). The van der Waals surface area contributed by atoms with Crippen molar-refractivity contribution in [3.05, 3.63) is 66.0 Å². The second-order valence-corrected chi connectivity index (χ2v) is 9.31. The lowest BCUT2D eigenvalue weighted by Gasteiger charge is -2.36. The van der Waals surface area contributed by atoms with Crippen molar-refractivity contribution in [3.63, 3.8) is 0 Å². The zero-order valence-corrected chi connectivity index (χ0v) is 16.6. The van der Waals surface area contributed by atoms with Gasteiger partial charge in [0.1, 0.15) is 11.6 Å². The van der Waals surface area contributed by atoms with Gasteiger partial charge in [-0.1, -0.05) is 44.2 Å². The summed E-state index contributed by atoms with van der Waals surface area (Å²) in [6.45, 7) is 3.86. The van der Waals surface area contributed by atoms with E-state index < -0.39 is 31.8 Å². The van der Waals surface area contributed by atoms with Crippen LogP contribution in [0, 0.1) is 11.2 Å². The van der Waals surface area contributed by atoms with Crippen LogP contribution in [0.2, 0.25) is 0 Å². The molecule has 6 nitrogen and oxygen atoms in total. The van der Waals surface area contributed by atoms with Gasteiger partial charge in [0.2, 0.25) is 5.85 Å². The fraction of sp³-hybridized carbons (Fsp3) is 0.350. The Kier molecular flexibility index (Phi) is 6.18. The van der Waals surface area contributed by atoms with E-state index in [2.05, 4.69) is 0 Å². The molecule has 0 N–H and O–H groups in total. The van der Waals surface area contributed by atoms with Crippen molar-refractivity contribution in [2.45, 2.75) is 19.7 Å². The molecule has 1 aliphatic heterocycles. The normalized spacial score (nSPS) is 18.8. The molecule has 0 radical (unpaired) electrons. The zero-order valence-electron chi connectivity index (χ0n) is 15.7. The van der Waals surface area contributed by atoms with Crippen molar-refractivity contribution in [1.82, 2.24) is 0 Å². The molecule has 1 fully saturated rings. The van der Waals surface area contributed by atoms with Gasteiger partial charge in [0.05, 0.1) is 13.2 Å². The maximum Gasteiger partial charge on any atom is 0.375 e. The minimum atomic E-state index is -3.73. The standard InChI is InChI=1S/C20H22FO6P/c1-20(2)13-25-28(23,26-14-20)19(15-6-4-3-5-7-15)27-18(22)12-24-17-10-8-16(21)9-11-17/h3-11,19H,12-14H2,1-2H3. The summed E-state index contributed by atoms with van der Waals surface area (Å²) < 4.78 is 48.0. The Morgan fingerprint density at radius 1 is 1.11 bits per heavy atom. The summed E-state index contributed by atoms with van der Waals surface area (Å²) in [6, 6.07) is 13.9. The number of carbonyl (C=O) groups excluding carboxylic acids is 1. The summed E-state index contributed by atoms with van der Waals surface area (Å²) in [5.41, 5.74) is 0.214. The van der Waals surface area contributed by atoms with Crippen LogP contribution < -0.4 is 4.74 Å². The van der Waals surface area contributed by atoms with Gasteiger partial charge in [0.15, 0.2) is 6.61 Å². The van der Waals surface area contributed by atoms with Crippen LogP contribution in [-0.4, -0.2) is 25.8 Å². The van der Waals surface area contributed by atoms with Gasteiger partial charge in [0.25, 0.3) is 0 Å². The summed E-state index contributed by atoms with van der Waals surface area (Å²) in [7, 11) is -3.73. The van der Waals surface area contributed by atoms with E-state index in [1.54, 1.807) is 30.3 Å². The van der Waals surface area contributed by atoms with Gasteiger partial charge in [-0.15, -0.1) is 0 Å². The monoisotopic (exact) mass is 408 g/mol. The minimum Gasteiger partial charge on any atom is -0.482 e. The van der Waals surface area contributed by atoms with Gasteiger partial charge in [-0.3, -0.25) is 4.57 Å². The maximum absolute atomic E-state index is 13.3. The smallest absolute Gasteiger partial charge is 0.375 e. The molecule has 8 heteroatoms. The average Bonchev–Trinajstić information content (AvgIpc) is 2.69. The first kappa shape index (κ1) is 20.5. The molecule has 0 amide bonds. The van der Waals surface area contributed by atoms with E-state index in [1.165, 1.54) is 24.3 Å². The molecular formula is C20H22FO6P. The number of hydrogen-bond acceptors (Lipinski definition) is 6. The number of ether oxygens (including phenoxy) is 2. The van der Waals surface area contributed by atoms with E-state index in [9.17, 15) is 13.8 Å². The predicted molar refractivity (Wildman–Crippen MR) is 100 cm³/mol. The van der Waals surface area contributed by atoms with E-state index in [4.69, 9.17) is 18.5 Å². The quantitative estimate of drug-likeness (QED) is 0.509. The van der Waals surface area contributed by atoms with Crippen LogP contribution in [-0.2, 0) is 23.1 Å². The number of rotatable bonds is 6.